The van der Waals surface area contributed by atoms with Crippen LogP contribution >= 0.6 is 0 Å². The average Bonchev–Trinajstić information content (AvgIpc) is 2.48. The average molecular weight is 241 g/mol. The minimum absolute atomic E-state index is 0.659. The largest absolute Gasteiger partial charge is 0.381 e. The van der Waals surface area contributed by atoms with Gasteiger partial charge in [-0.3, -0.25) is 0 Å². The van der Waals surface area contributed by atoms with Crippen LogP contribution in [-0.4, -0.2) is 25.8 Å². The van der Waals surface area contributed by atoms with E-state index >= 15 is 0 Å². The van der Waals surface area contributed by atoms with Crippen LogP contribution in [0.3, 0.4) is 0 Å². The minimum atomic E-state index is 0.659. The Balaban J connectivity index is 1.95. The SMILES string of the molecule is CC(C)COCCCNC1CCCC(C)CC1. The molecule has 1 N–H and O–H groups in total. The van der Waals surface area contributed by atoms with Gasteiger partial charge >= 0.3 is 0 Å². The summed E-state index contributed by atoms with van der Waals surface area (Å²) < 4.78 is 5.59. The topological polar surface area (TPSA) is 21.3 Å². The second kappa shape index (κ2) is 8.93. The van der Waals surface area contributed by atoms with Crippen LogP contribution < -0.4 is 5.32 Å². The van der Waals surface area contributed by atoms with E-state index in [1.54, 1.807) is 0 Å². The highest BCUT2D eigenvalue weighted by Gasteiger charge is 2.14. The molecule has 102 valence electrons. The van der Waals surface area contributed by atoms with Gasteiger partial charge < -0.3 is 10.1 Å². The van der Waals surface area contributed by atoms with Crippen molar-refractivity contribution in [2.24, 2.45) is 11.8 Å². The van der Waals surface area contributed by atoms with Crippen molar-refractivity contribution in [3.8, 4) is 0 Å². The molecule has 0 amide bonds. The first-order valence-corrected chi connectivity index (χ1v) is 7.49. The zero-order chi connectivity index (χ0) is 12.5. The fraction of sp³-hybridized carbons (Fsp3) is 1.00. The van der Waals surface area contributed by atoms with E-state index in [0.717, 1.165) is 38.1 Å². The lowest BCUT2D eigenvalue weighted by atomic mass is 10.0. The normalized spacial score (nSPS) is 26.1. The van der Waals surface area contributed by atoms with Gasteiger partial charge in [-0.2, -0.15) is 0 Å². The maximum absolute atomic E-state index is 5.59. The Bertz CT molecular complexity index is 182. The highest BCUT2D eigenvalue weighted by molar-refractivity contribution is 4.73. The molecule has 0 saturated heterocycles. The van der Waals surface area contributed by atoms with E-state index in [1.165, 1.54) is 32.1 Å². The summed E-state index contributed by atoms with van der Waals surface area (Å²) in [5.41, 5.74) is 0. The summed E-state index contributed by atoms with van der Waals surface area (Å²) in [6.07, 6.45) is 8.13. The lowest BCUT2D eigenvalue weighted by molar-refractivity contribution is 0.107. The van der Waals surface area contributed by atoms with E-state index in [2.05, 4.69) is 26.1 Å². The summed E-state index contributed by atoms with van der Waals surface area (Å²) in [5.74, 6) is 1.60. The summed E-state index contributed by atoms with van der Waals surface area (Å²) in [5, 5.41) is 3.69. The van der Waals surface area contributed by atoms with Crippen LogP contribution in [0.25, 0.3) is 0 Å². The molecule has 2 unspecified atom stereocenters. The first-order chi connectivity index (χ1) is 8.18. The predicted molar refractivity (Wildman–Crippen MR) is 74.3 cm³/mol. The van der Waals surface area contributed by atoms with Gasteiger partial charge in [0.1, 0.15) is 0 Å². The van der Waals surface area contributed by atoms with Crippen molar-refractivity contribution in [2.75, 3.05) is 19.8 Å². The molecule has 1 saturated carbocycles. The van der Waals surface area contributed by atoms with Crippen molar-refractivity contribution in [2.45, 2.75) is 65.3 Å². The van der Waals surface area contributed by atoms with E-state index < -0.39 is 0 Å². The first kappa shape index (κ1) is 15.0. The van der Waals surface area contributed by atoms with Gasteiger partial charge in [0.25, 0.3) is 0 Å². The van der Waals surface area contributed by atoms with Crippen molar-refractivity contribution in [3.05, 3.63) is 0 Å². The molecule has 2 heteroatoms. The Morgan fingerprint density at radius 3 is 2.76 bits per heavy atom. The second-order valence-corrected chi connectivity index (χ2v) is 6.09. The number of hydrogen-bond donors (Lipinski definition) is 1. The quantitative estimate of drug-likeness (QED) is 0.543. The van der Waals surface area contributed by atoms with Gasteiger partial charge in [0.2, 0.25) is 0 Å². The Morgan fingerprint density at radius 1 is 1.18 bits per heavy atom. The van der Waals surface area contributed by atoms with Gasteiger partial charge in [-0.1, -0.05) is 33.6 Å². The van der Waals surface area contributed by atoms with Gasteiger partial charge in [-0.15, -0.1) is 0 Å². The number of ether oxygens (including phenoxy) is 1. The summed E-state index contributed by atoms with van der Waals surface area (Å²) in [6.45, 7) is 9.73. The van der Waals surface area contributed by atoms with E-state index in [9.17, 15) is 0 Å². The number of nitrogens with one attached hydrogen (secondary N) is 1. The van der Waals surface area contributed by atoms with Crippen LogP contribution in [0.1, 0.15) is 59.3 Å². The van der Waals surface area contributed by atoms with Crippen LogP contribution in [0, 0.1) is 11.8 Å². The monoisotopic (exact) mass is 241 g/mol. The van der Waals surface area contributed by atoms with E-state index in [4.69, 9.17) is 4.74 Å². The molecule has 0 heterocycles. The smallest absolute Gasteiger partial charge is 0.0489 e. The summed E-state index contributed by atoms with van der Waals surface area (Å²) >= 11 is 0. The molecule has 0 aromatic carbocycles. The molecule has 1 fully saturated rings. The van der Waals surface area contributed by atoms with E-state index in [0.29, 0.717) is 5.92 Å². The Labute approximate surface area is 108 Å². The highest BCUT2D eigenvalue weighted by atomic mass is 16.5. The molecule has 17 heavy (non-hydrogen) atoms. The Hall–Kier alpha value is -0.0800. The van der Waals surface area contributed by atoms with Crippen LogP contribution in [0.2, 0.25) is 0 Å². The highest BCUT2D eigenvalue weighted by Crippen LogP contribution is 2.22. The molecule has 0 bridgehead atoms. The summed E-state index contributed by atoms with van der Waals surface area (Å²) in [7, 11) is 0. The molecule has 0 aliphatic heterocycles. The third-order valence-corrected chi connectivity index (χ3v) is 3.61. The zero-order valence-corrected chi connectivity index (χ0v) is 12.0. The fourth-order valence-electron chi connectivity index (χ4n) is 2.49. The molecule has 0 spiro atoms. The van der Waals surface area contributed by atoms with Crippen molar-refractivity contribution in [1.82, 2.24) is 5.32 Å². The van der Waals surface area contributed by atoms with Crippen LogP contribution in [0.5, 0.6) is 0 Å². The lowest BCUT2D eigenvalue weighted by Crippen LogP contribution is -2.30. The first-order valence-electron chi connectivity index (χ1n) is 7.49. The number of hydrogen-bond acceptors (Lipinski definition) is 2. The lowest BCUT2D eigenvalue weighted by Gasteiger charge is -2.16. The van der Waals surface area contributed by atoms with Crippen LogP contribution in [-0.2, 0) is 4.74 Å². The maximum atomic E-state index is 5.59. The molecule has 2 atom stereocenters. The zero-order valence-electron chi connectivity index (χ0n) is 12.0. The van der Waals surface area contributed by atoms with Gasteiger partial charge in [0, 0.05) is 19.3 Å². The fourth-order valence-corrected chi connectivity index (χ4v) is 2.49. The van der Waals surface area contributed by atoms with Crippen LogP contribution in [0.4, 0.5) is 0 Å². The third-order valence-electron chi connectivity index (χ3n) is 3.61. The molecule has 1 aliphatic rings. The minimum Gasteiger partial charge on any atom is -0.381 e. The van der Waals surface area contributed by atoms with Gasteiger partial charge in [-0.05, 0) is 44.1 Å². The number of rotatable bonds is 7. The molecule has 0 aromatic rings. The predicted octanol–water partition coefficient (Wildman–Crippen LogP) is 3.61. The molecular weight excluding hydrogens is 210 g/mol. The van der Waals surface area contributed by atoms with Crippen LogP contribution in [0.15, 0.2) is 0 Å². The van der Waals surface area contributed by atoms with Gasteiger partial charge in [0.15, 0.2) is 0 Å². The Morgan fingerprint density at radius 2 is 2.00 bits per heavy atom. The summed E-state index contributed by atoms with van der Waals surface area (Å²) in [6, 6.07) is 0.769. The van der Waals surface area contributed by atoms with Crippen molar-refractivity contribution >= 4 is 0 Å². The van der Waals surface area contributed by atoms with E-state index in [-0.39, 0.29) is 0 Å². The molecular formula is C15H31NO. The third kappa shape index (κ3) is 7.77. The molecule has 0 radical (unpaired) electrons. The van der Waals surface area contributed by atoms with Crippen molar-refractivity contribution in [3.63, 3.8) is 0 Å². The molecule has 1 aliphatic carbocycles. The summed E-state index contributed by atoms with van der Waals surface area (Å²) in [4.78, 5) is 0. The molecule has 2 nitrogen and oxygen atoms in total. The maximum Gasteiger partial charge on any atom is 0.0489 e. The molecule has 1 rings (SSSR count). The van der Waals surface area contributed by atoms with Crippen molar-refractivity contribution < 1.29 is 4.74 Å². The molecule has 0 aromatic heterocycles. The standard InChI is InChI=1S/C15H31NO/c1-13(2)12-17-11-5-10-16-15-7-4-6-14(3)8-9-15/h13-16H,4-12H2,1-3H3. The second-order valence-electron chi connectivity index (χ2n) is 6.09. The van der Waals surface area contributed by atoms with Gasteiger partial charge in [-0.25, -0.2) is 0 Å². The van der Waals surface area contributed by atoms with Crippen molar-refractivity contribution in [1.29, 1.82) is 0 Å². The Kier molecular flexibility index (Phi) is 7.87. The van der Waals surface area contributed by atoms with Gasteiger partial charge in [0.05, 0.1) is 0 Å². The van der Waals surface area contributed by atoms with E-state index in [1.807, 2.05) is 0 Å².